The Bertz CT molecular complexity index is 372. The summed E-state index contributed by atoms with van der Waals surface area (Å²) in [6.07, 6.45) is -0.516. The summed E-state index contributed by atoms with van der Waals surface area (Å²) in [5.41, 5.74) is -2.69. The van der Waals surface area contributed by atoms with Crippen LogP contribution in [0, 0.1) is 5.92 Å². The van der Waals surface area contributed by atoms with Crippen molar-refractivity contribution < 1.29 is 29.3 Å². The number of carbonyl (C=O) groups is 3. The van der Waals surface area contributed by atoms with Crippen molar-refractivity contribution in [1.82, 2.24) is 0 Å². The fourth-order valence-electron chi connectivity index (χ4n) is 1.16. The normalized spacial score (nSPS) is 13.8. The van der Waals surface area contributed by atoms with Gasteiger partial charge in [0.2, 0.25) is 11.6 Å². The van der Waals surface area contributed by atoms with Crippen LogP contribution in [0.4, 0.5) is 0 Å². The monoisotopic (exact) mass is 288 g/mol. The molecule has 0 bridgehead atoms. The molecular formula is C14H24O6. The standard InChI is InChI=1S/C14H24O6/c1-9(13(2,3)18)8-20-11(16)7-6-10(15)12(17)14(4,5)19/h9,18-19H,6-8H2,1-5H3. The van der Waals surface area contributed by atoms with E-state index in [1.165, 1.54) is 13.8 Å². The number of Topliss-reactive ketones (excluding diaryl/α,β-unsaturated/α-hetero) is 2. The van der Waals surface area contributed by atoms with Crippen LogP contribution in [0.25, 0.3) is 0 Å². The molecule has 6 heteroatoms. The van der Waals surface area contributed by atoms with Gasteiger partial charge in [-0.3, -0.25) is 14.4 Å². The van der Waals surface area contributed by atoms with Crippen molar-refractivity contribution in [2.24, 2.45) is 5.92 Å². The molecule has 0 amide bonds. The van der Waals surface area contributed by atoms with Crippen molar-refractivity contribution >= 4 is 17.5 Å². The van der Waals surface area contributed by atoms with Crippen molar-refractivity contribution in [3.8, 4) is 0 Å². The first-order valence-electron chi connectivity index (χ1n) is 6.53. The van der Waals surface area contributed by atoms with Crippen molar-refractivity contribution in [3.05, 3.63) is 0 Å². The lowest BCUT2D eigenvalue weighted by Crippen LogP contribution is -2.37. The molecule has 0 aliphatic carbocycles. The predicted octanol–water partition coefficient (Wildman–Crippen LogP) is 0.626. The Morgan fingerprint density at radius 1 is 1.05 bits per heavy atom. The summed E-state index contributed by atoms with van der Waals surface area (Å²) in [5, 5.41) is 19.0. The van der Waals surface area contributed by atoms with Crippen LogP contribution in [-0.2, 0) is 19.1 Å². The zero-order valence-corrected chi connectivity index (χ0v) is 12.7. The van der Waals surface area contributed by atoms with Crippen LogP contribution >= 0.6 is 0 Å². The van der Waals surface area contributed by atoms with Crippen molar-refractivity contribution in [3.63, 3.8) is 0 Å². The minimum Gasteiger partial charge on any atom is -0.465 e. The van der Waals surface area contributed by atoms with E-state index in [1.807, 2.05) is 0 Å². The van der Waals surface area contributed by atoms with Crippen LogP contribution in [0.1, 0.15) is 47.5 Å². The van der Waals surface area contributed by atoms with Crippen molar-refractivity contribution in [2.45, 2.75) is 58.7 Å². The van der Waals surface area contributed by atoms with Gasteiger partial charge in [-0.1, -0.05) is 6.92 Å². The lowest BCUT2D eigenvalue weighted by molar-refractivity contribution is -0.150. The largest absolute Gasteiger partial charge is 0.465 e. The van der Waals surface area contributed by atoms with Gasteiger partial charge in [0.1, 0.15) is 5.60 Å². The molecule has 0 rings (SSSR count). The highest BCUT2D eigenvalue weighted by Gasteiger charge is 2.30. The first-order valence-corrected chi connectivity index (χ1v) is 6.53. The van der Waals surface area contributed by atoms with Crippen LogP contribution in [-0.4, -0.2) is 45.6 Å². The Hall–Kier alpha value is -1.27. The van der Waals surface area contributed by atoms with Crippen LogP contribution in [0.2, 0.25) is 0 Å². The number of ether oxygens (including phenoxy) is 1. The van der Waals surface area contributed by atoms with E-state index >= 15 is 0 Å². The Kier molecular flexibility index (Phi) is 6.50. The highest BCUT2D eigenvalue weighted by molar-refractivity contribution is 6.40. The molecule has 0 radical (unpaired) electrons. The second-order valence-corrected chi connectivity index (χ2v) is 6.05. The average Bonchev–Trinajstić information content (AvgIpc) is 2.29. The Labute approximate surface area is 119 Å². The number of hydrogen-bond acceptors (Lipinski definition) is 6. The zero-order valence-electron chi connectivity index (χ0n) is 12.7. The molecule has 0 spiro atoms. The first kappa shape index (κ1) is 18.7. The molecule has 0 aliphatic rings. The number of aliphatic hydroxyl groups is 2. The molecule has 0 aromatic carbocycles. The van der Waals surface area contributed by atoms with Gasteiger partial charge in [-0.05, 0) is 27.7 Å². The molecule has 0 fully saturated rings. The Morgan fingerprint density at radius 3 is 1.95 bits per heavy atom. The Morgan fingerprint density at radius 2 is 1.55 bits per heavy atom. The quantitative estimate of drug-likeness (QED) is 0.502. The minimum absolute atomic E-state index is 0.0377. The molecule has 1 atom stereocenters. The summed E-state index contributed by atoms with van der Waals surface area (Å²) in [4.78, 5) is 34.2. The minimum atomic E-state index is -1.73. The molecular weight excluding hydrogens is 264 g/mol. The number of rotatable bonds is 8. The molecule has 0 aromatic rings. The summed E-state index contributed by atoms with van der Waals surface area (Å²) >= 11 is 0. The van der Waals surface area contributed by atoms with E-state index in [-0.39, 0.29) is 25.4 Å². The third kappa shape index (κ3) is 6.77. The molecule has 0 heterocycles. The molecule has 116 valence electrons. The van der Waals surface area contributed by atoms with Crippen molar-refractivity contribution in [2.75, 3.05) is 6.61 Å². The molecule has 20 heavy (non-hydrogen) atoms. The maximum absolute atomic E-state index is 11.4. The van der Waals surface area contributed by atoms with Gasteiger partial charge in [0.25, 0.3) is 0 Å². The van der Waals surface area contributed by atoms with Crippen molar-refractivity contribution in [1.29, 1.82) is 0 Å². The third-order valence-corrected chi connectivity index (χ3v) is 3.07. The lowest BCUT2D eigenvalue weighted by atomic mass is 9.94. The van der Waals surface area contributed by atoms with E-state index in [9.17, 15) is 24.6 Å². The van der Waals surface area contributed by atoms with E-state index < -0.39 is 28.7 Å². The number of esters is 1. The lowest BCUT2D eigenvalue weighted by Gasteiger charge is -2.25. The van der Waals surface area contributed by atoms with E-state index in [0.717, 1.165) is 0 Å². The molecule has 0 aliphatic heterocycles. The SMILES string of the molecule is CC(COC(=O)CCC(=O)C(=O)C(C)(C)O)C(C)(C)O. The molecule has 0 saturated heterocycles. The van der Waals surface area contributed by atoms with Crippen LogP contribution in [0.3, 0.4) is 0 Å². The maximum atomic E-state index is 11.4. The van der Waals surface area contributed by atoms with Gasteiger partial charge in [-0.25, -0.2) is 0 Å². The van der Waals surface area contributed by atoms with E-state index in [4.69, 9.17) is 4.74 Å². The molecule has 2 N–H and O–H groups in total. The number of hydrogen-bond donors (Lipinski definition) is 2. The van der Waals surface area contributed by atoms with Gasteiger partial charge in [0.15, 0.2) is 0 Å². The summed E-state index contributed by atoms with van der Waals surface area (Å²) in [7, 11) is 0. The smallest absolute Gasteiger partial charge is 0.306 e. The molecule has 0 saturated carbocycles. The second-order valence-electron chi connectivity index (χ2n) is 6.05. The third-order valence-electron chi connectivity index (χ3n) is 3.07. The number of ketones is 2. The van der Waals surface area contributed by atoms with Crippen LogP contribution in [0.15, 0.2) is 0 Å². The summed E-state index contributed by atoms with van der Waals surface area (Å²) < 4.78 is 4.92. The van der Waals surface area contributed by atoms with Gasteiger partial charge < -0.3 is 14.9 Å². The predicted molar refractivity (Wildman–Crippen MR) is 72.0 cm³/mol. The molecule has 0 aromatic heterocycles. The van der Waals surface area contributed by atoms with Gasteiger partial charge in [-0.15, -0.1) is 0 Å². The van der Waals surface area contributed by atoms with Crippen LogP contribution < -0.4 is 0 Å². The van der Waals surface area contributed by atoms with Gasteiger partial charge in [0, 0.05) is 12.3 Å². The van der Waals surface area contributed by atoms with E-state index in [2.05, 4.69) is 0 Å². The fraction of sp³-hybridized carbons (Fsp3) is 0.786. The highest BCUT2D eigenvalue weighted by Crippen LogP contribution is 2.16. The van der Waals surface area contributed by atoms with Gasteiger partial charge >= 0.3 is 5.97 Å². The number of carbonyl (C=O) groups excluding carboxylic acids is 3. The zero-order chi connectivity index (χ0) is 16.1. The Balaban J connectivity index is 4.13. The van der Waals surface area contributed by atoms with E-state index in [0.29, 0.717) is 0 Å². The van der Waals surface area contributed by atoms with Gasteiger partial charge in [0.05, 0.1) is 18.6 Å². The topological polar surface area (TPSA) is 101 Å². The van der Waals surface area contributed by atoms with Gasteiger partial charge in [-0.2, -0.15) is 0 Å². The summed E-state index contributed by atoms with van der Waals surface area (Å²) in [5.74, 6) is -2.58. The van der Waals surface area contributed by atoms with E-state index in [1.54, 1.807) is 20.8 Å². The first-order chi connectivity index (χ1) is 8.85. The average molecular weight is 288 g/mol. The summed E-state index contributed by atoms with van der Waals surface area (Å²) in [6, 6.07) is 0. The maximum Gasteiger partial charge on any atom is 0.306 e. The molecule has 6 nitrogen and oxygen atoms in total. The molecule has 1 unspecified atom stereocenters. The van der Waals surface area contributed by atoms with Crippen LogP contribution in [0.5, 0.6) is 0 Å². The summed E-state index contributed by atoms with van der Waals surface area (Å²) in [6.45, 7) is 7.42. The second kappa shape index (κ2) is 6.95. The fourth-order valence-corrected chi connectivity index (χ4v) is 1.16. The highest BCUT2D eigenvalue weighted by atomic mass is 16.5.